The summed E-state index contributed by atoms with van der Waals surface area (Å²) in [4.78, 5) is 0. The van der Waals surface area contributed by atoms with Crippen LogP contribution in [0.1, 0.15) is 11.1 Å². The van der Waals surface area contributed by atoms with Crippen molar-refractivity contribution in [2.24, 2.45) is 0 Å². The molecule has 2 rings (SSSR count). The monoisotopic (exact) mass is 254 g/mol. The van der Waals surface area contributed by atoms with Gasteiger partial charge in [-0.1, -0.05) is 29.8 Å². The molecule has 0 aromatic heterocycles. The van der Waals surface area contributed by atoms with Crippen LogP contribution >= 0.6 is 11.6 Å². The fraction of sp³-hybridized carbons (Fsp3) is 0.143. The molecule has 0 heterocycles. The molecule has 0 fully saturated rings. The summed E-state index contributed by atoms with van der Waals surface area (Å²) in [6.07, 6.45) is 0. The van der Waals surface area contributed by atoms with Crippen LogP contribution in [0.3, 0.4) is 0 Å². The van der Waals surface area contributed by atoms with Gasteiger partial charge in [0.15, 0.2) is 0 Å². The minimum Gasteiger partial charge on any atom is -0.207 e. The maximum absolute atomic E-state index is 12.4. The summed E-state index contributed by atoms with van der Waals surface area (Å²) in [6, 6.07) is 11.1. The minimum atomic E-state index is -0.359. The Balaban J connectivity index is 0.000000171. The lowest BCUT2D eigenvalue weighted by Crippen LogP contribution is -1.76. The first-order valence-electron chi connectivity index (χ1n) is 5.13. The second kappa shape index (κ2) is 6.36. The van der Waals surface area contributed by atoms with Gasteiger partial charge in [0.1, 0.15) is 11.6 Å². The highest BCUT2D eigenvalue weighted by molar-refractivity contribution is 6.30. The molecule has 2 aromatic rings. The number of halogens is 3. The normalized spacial score (nSPS) is 9.47. The van der Waals surface area contributed by atoms with E-state index in [9.17, 15) is 8.78 Å². The molecule has 0 aliphatic carbocycles. The highest BCUT2D eigenvalue weighted by atomic mass is 35.5. The summed E-state index contributed by atoms with van der Waals surface area (Å²) < 4.78 is 24.5. The molecular formula is C14H13ClF2. The Labute approximate surface area is 105 Å². The number of hydrogen-bond acceptors (Lipinski definition) is 0. The third-order valence-electron chi connectivity index (χ3n) is 2.06. The number of aryl methyl sites for hydroxylation is 2. The molecule has 0 aliphatic heterocycles. The highest BCUT2D eigenvalue weighted by Gasteiger charge is 1.95. The van der Waals surface area contributed by atoms with Gasteiger partial charge in [0.05, 0.1) is 5.02 Å². The molecule has 90 valence electrons. The lowest BCUT2D eigenvalue weighted by molar-refractivity contribution is 0.626. The van der Waals surface area contributed by atoms with Gasteiger partial charge in [-0.2, -0.15) is 0 Å². The summed E-state index contributed by atoms with van der Waals surface area (Å²) >= 11 is 5.44. The van der Waals surface area contributed by atoms with Crippen molar-refractivity contribution in [3.8, 4) is 0 Å². The maximum Gasteiger partial charge on any atom is 0.141 e. The standard InChI is InChI=1S/C7H6ClF.C7H7F/c1-5-2-3-7(9)6(8)4-5;1-6-3-2-4-7(8)5-6/h2-4H,1H3;2-5H,1H3. The maximum atomic E-state index is 12.4. The number of hydrogen-bond donors (Lipinski definition) is 0. The Morgan fingerprint density at radius 2 is 1.53 bits per heavy atom. The third kappa shape index (κ3) is 4.96. The van der Waals surface area contributed by atoms with Crippen molar-refractivity contribution >= 4 is 11.6 Å². The van der Waals surface area contributed by atoms with Crippen LogP contribution in [0.4, 0.5) is 8.78 Å². The Hall–Kier alpha value is -1.41. The molecule has 0 saturated carbocycles. The molecule has 0 nitrogen and oxygen atoms in total. The van der Waals surface area contributed by atoms with Crippen LogP contribution in [-0.2, 0) is 0 Å². The molecule has 0 radical (unpaired) electrons. The molecule has 0 amide bonds. The summed E-state index contributed by atoms with van der Waals surface area (Å²) in [5, 5.41) is 0.190. The largest absolute Gasteiger partial charge is 0.207 e. The van der Waals surface area contributed by atoms with Crippen LogP contribution in [-0.4, -0.2) is 0 Å². The Morgan fingerprint density at radius 3 is 1.94 bits per heavy atom. The van der Waals surface area contributed by atoms with E-state index in [1.54, 1.807) is 18.2 Å². The van der Waals surface area contributed by atoms with Crippen LogP contribution in [0.15, 0.2) is 42.5 Å². The molecule has 3 heteroatoms. The molecule has 0 saturated heterocycles. The molecule has 0 atom stereocenters. The fourth-order valence-electron chi connectivity index (χ4n) is 1.21. The van der Waals surface area contributed by atoms with E-state index in [4.69, 9.17) is 11.6 Å². The van der Waals surface area contributed by atoms with E-state index in [1.807, 2.05) is 19.9 Å². The van der Waals surface area contributed by atoms with Gasteiger partial charge >= 0.3 is 0 Å². The van der Waals surface area contributed by atoms with Crippen LogP contribution in [0.2, 0.25) is 5.02 Å². The van der Waals surface area contributed by atoms with Crippen molar-refractivity contribution in [2.75, 3.05) is 0 Å². The van der Waals surface area contributed by atoms with Crippen molar-refractivity contribution in [3.05, 3.63) is 70.2 Å². The predicted octanol–water partition coefficient (Wildman–Crippen LogP) is 4.92. The molecule has 0 unspecified atom stereocenters. The molecule has 2 aromatic carbocycles. The second-order valence-corrected chi connectivity index (χ2v) is 4.12. The molecule has 0 spiro atoms. The summed E-state index contributed by atoms with van der Waals surface area (Å²) in [5.41, 5.74) is 1.94. The van der Waals surface area contributed by atoms with Gasteiger partial charge in [-0.15, -0.1) is 0 Å². The van der Waals surface area contributed by atoms with Crippen molar-refractivity contribution < 1.29 is 8.78 Å². The zero-order valence-corrected chi connectivity index (χ0v) is 10.4. The van der Waals surface area contributed by atoms with Crippen LogP contribution in [0.5, 0.6) is 0 Å². The average molecular weight is 255 g/mol. The summed E-state index contributed by atoms with van der Waals surface area (Å²) in [6.45, 7) is 3.73. The van der Waals surface area contributed by atoms with Gasteiger partial charge in [-0.3, -0.25) is 0 Å². The van der Waals surface area contributed by atoms with Gasteiger partial charge in [-0.05, 0) is 49.2 Å². The van der Waals surface area contributed by atoms with Gasteiger partial charge in [-0.25, -0.2) is 8.78 Å². The van der Waals surface area contributed by atoms with E-state index in [0.29, 0.717) is 0 Å². The van der Waals surface area contributed by atoms with Crippen LogP contribution in [0.25, 0.3) is 0 Å². The van der Waals surface area contributed by atoms with Crippen molar-refractivity contribution in [1.29, 1.82) is 0 Å². The molecule has 0 aliphatic rings. The second-order valence-electron chi connectivity index (χ2n) is 3.72. The predicted molar refractivity (Wildman–Crippen MR) is 67.3 cm³/mol. The minimum absolute atomic E-state index is 0.162. The Bertz CT molecular complexity index is 478. The quantitative estimate of drug-likeness (QED) is 0.626. The van der Waals surface area contributed by atoms with Gasteiger partial charge < -0.3 is 0 Å². The molecule has 0 bridgehead atoms. The van der Waals surface area contributed by atoms with E-state index in [-0.39, 0.29) is 16.7 Å². The van der Waals surface area contributed by atoms with Crippen LogP contribution in [0, 0.1) is 25.5 Å². The first kappa shape index (κ1) is 13.7. The van der Waals surface area contributed by atoms with E-state index in [1.165, 1.54) is 18.2 Å². The molecular weight excluding hydrogens is 242 g/mol. The summed E-state index contributed by atoms with van der Waals surface area (Å²) in [5.74, 6) is -0.521. The SMILES string of the molecule is Cc1ccc(F)c(Cl)c1.Cc1cccc(F)c1. The van der Waals surface area contributed by atoms with E-state index >= 15 is 0 Å². The topological polar surface area (TPSA) is 0 Å². The molecule has 0 N–H and O–H groups in total. The van der Waals surface area contributed by atoms with Gasteiger partial charge in [0.25, 0.3) is 0 Å². The van der Waals surface area contributed by atoms with Crippen molar-refractivity contribution in [1.82, 2.24) is 0 Å². The van der Waals surface area contributed by atoms with Crippen molar-refractivity contribution in [3.63, 3.8) is 0 Å². The fourth-order valence-corrected chi connectivity index (χ4v) is 1.44. The summed E-state index contributed by atoms with van der Waals surface area (Å²) in [7, 11) is 0. The van der Waals surface area contributed by atoms with E-state index in [2.05, 4.69) is 0 Å². The lowest BCUT2D eigenvalue weighted by atomic mass is 10.2. The van der Waals surface area contributed by atoms with Crippen LogP contribution < -0.4 is 0 Å². The Kier molecular flexibility index (Phi) is 5.11. The van der Waals surface area contributed by atoms with Gasteiger partial charge in [0.2, 0.25) is 0 Å². The Morgan fingerprint density at radius 1 is 0.882 bits per heavy atom. The lowest BCUT2D eigenvalue weighted by Gasteiger charge is -1.93. The zero-order valence-electron chi connectivity index (χ0n) is 9.68. The first-order valence-corrected chi connectivity index (χ1v) is 5.50. The van der Waals surface area contributed by atoms with Gasteiger partial charge in [0, 0.05) is 0 Å². The third-order valence-corrected chi connectivity index (χ3v) is 2.34. The zero-order chi connectivity index (χ0) is 12.8. The van der Waals surface area contributed by atoms with E-state index in [0.717, 1.165) is 11.1 Å². The van der Waals surface area contributed by atoms with E-state index < -0.39 is 0 Å². The van der Waals surface area contributed by atoms with Crippen molar-refractivity contribution in [2.45, 2.75) is 13.8 Å². The number of benzene rings is 2. The smallest absolute Gasteiger partial charge is 0.141 e. The molecule has 17 heavy (non-hydrogen) atoms. The highest BCUT2D eigenvalue weighted by Crippen LogP contribution is 2.14. The first-order chi connectivity index (χ1) is 7.99. The average Bonchev–Trinajstić information content (AvgIpc) is 2.24. The number of rotatable bonds is 0.